The van der Waals surface area contributed by atoms with Gasteiger partial charge in [0.15, 0.2) is 0 Å². The monoisotopic (exact) mass is 394 g/mol. The van der Waals surface area contributed by atoms with E-state index >= 15 is 0 Å². The molecule has 0 saturated carbocycles. The Morgan fingerprint density at radius 2 is 1.95 bits per heavy atom. The first-order chi connectivity index (χ1) is 9.77. The van der Waals surface area contributed by atoms with Crippen LogP contribution >= 0.6 is 15.9 Å². The predicted molar refractivity (Wildman–Crippen MR) is 83.9 cm³/mol. The zero-order valence-electron chi connectivity index (χ0n) is 11.0. The molecule has 1 aliphatic heterocycles. The van der Waals surface area contributed by atoms with Crippen molar-refractivity contribution in [3.8, 4) is 0 Å². The van der Waals surface area contributed by atoms with Crippen molar-refractivity contribution in [2.75, 3.05) is 11.5 Å². The molecular weight excluding hydrogens is 380 g/mol. The van der Waals surface area contributed by atoms with Crippen LogP contribution in [0.2, 0.25) is 0 Å². The van der Waals surface area contributed by atoms with E-state index in [2.05, 4.69) is 21.2 Å². The summed E-state index contributed by atoms with van der Waals surface area (Å²) in [4.78, 5) is 12.1. The number of halogens is 1. The maximum Gasteiger partial charge on any atom is 0.252 e. The van der Waals surface area contributed by atoms with Gasteiger partial charge in [-0.25, -0.2) is 13.6 Å². The third-order valence-electron chi connectivity index (χ3n) is 3.23. The highest BCUT2D eigenvalue weighted by Gasteiger charge is 2.22. The lowest BCUT2D eigenvalue weighted by atomic mass is 10.1. The van der Waals surface area contributed by atoms with E-state index in [0.29, 0.717) is 28.8 Å². The van der Waals surface area contributed by atoms with Crippen LogP contribution < -0.4 is 10.5 Å². The molecule has 1 amide bonds. The standard InChI is InChI=1S/C12H15BrN2O4S2/c13-11-2-1-9(21(14,18)19)7-10(11)12(16)15-8-3-5-20(17)6-4-8/h1-2,7-8H,3-6H2,(H,15,16)(H2,14,18,19). The van der Waals surface area contributed by atoms with Crippen molar-refractivity contribution in [2.45, 2.75) is 23.8 Å². The zero-order chi connectivity index (χ0) is 15.6. The Bertz CT molecular complexity index is 680. The first kappa shape index (κ1) is 16.6. The van der Waals surface area contributed by atoms with Crippen molar-refractivity contribution in [1.29, 1.82) is 0 Å². The lowest BCUT2D eigenvalue weighted by Gasteiger charge is -2.22. The molecule has 0 aliphatic carbocycles. The van der Waals surface area contributed by atoms with Crippen molar-refractivity contribution < 1.29 is 17.4 Å². The predicted octanol–water partition coefficient (Wildman–Crippen LogP) is 0.737. The summed E-state index contributed by atoms with van der Waals surface area (Å²) in [7, 11) is -4.65. The Balaban J connectivity index is 2.17. The minimum absolute atomic E-state index is 0.0414. The van der Waals surface area contributed by atoms with Crippen LogP contribution in [0.1, 0.15) is 23.2 Å². The van der Waals surface area contributed by atoms with E-state index in [-0.39, 0.29) is 22.4 Å². The van der Waals surface area contributed by atoms with Crippen LogP contribution in [0.5, 0.6) is 0 Å². The molecule has 1 aliphatic rings. The third-order valence-corrected chi connectivity index (χ3v) is 6.22. The fourth-order valence-electron chi connectivity index (χ4n) is 2.06. The molecule has 116 valence electrons. The normalized spacial score (nSPS) is 22.8. The van der Waals surface area contributed by atoms with Gasteiger partial charge in [-0.2, -0.15) is 0 Å². The number of benzene rings is 1. The highest BCUT2D eigenvalue weighted by atomic mass is 79.9. The maximum atomic E-state index is 12.2. The molecular formula is C12H15BrN2O4S2. The molecule has 0 bridgehead atoms. The van der Waals surface area contributed by atoms with Crippen molar-refractivity contribution >= 4 is 42.7 Å². The summed E-state index contributed by atoms with van der Waals surface area (Å²) in [5.41, 5.74) is 0.216. The number of primary sulfonamides is 1. The van der Waals surface area contributed by atoms with Gasteiger partial charge in [0.25, 0.3) is 5.91 Å². The number of hydrogen-bond acceptors (Lipinski definition) is 4. The second-order valence-corrected chi connectivity index (χ2v) is 8.89. The number of rotatable bonds is 3. The topological polar surface area (TPSA) is 106 Å². The number of nitrogens with one attached hydrogen (secondary N) is 1. The number of carbonyl (C=O) groups excluding carboxylic acids is 1. The molecule has 0 spiro atoms. The Morgan fingerprint density at radius 3 is 2.52 bits per heavy atom. The maximum absolute atomic E-state index is 12.2. The minimum Gasteiger partial charge on any atom is -0.349 e. The van der Waals surface area contributed by atoms with Gasteiger partial charge < -0.3 is 5.32 Å². The third kappa shape index (κ3) is 4.35. The van der Waals surface area contributed by atoms with Crippen LogP contribution in [-0.2, 0) is 20.8 Å². The Kier molecular flexibility index (Phi) is 5.18. The van der Waals surface area contributed by atoms with E-state index in [1.54, 1.807) is 0 Å². The van der Waals surface area contributed by atoms with Crippen molar-refractivity contribution in [3.63, 3.8) is 0 Å². The van der Waals surface area contributed by atoms with Crippen molar-refractivity contribution in [2.24, 2.45) is 5.14 Å². The molecule has 0 aromatic heterocycles. The van der Waals surface area contributed by atoms with Gasteiger partial charge in [-0.05, 0) is 47.0 Å². The smallest absolute Gasteiger partial charge is 0.252 e. The average molecular weight is 395 g/mol. The lowest BCUT2D eigenvalue weighted by Crippen LogP contribution is -2.39. The lowest BCUT2D eigenvalue weighted by molar-refractivity contribution is 0.0933. The van der Waals surface area contributed by atoms with Gasteiger partial charge in [0.1, 0.15) is 0 Å². The van der Waals surface area contributed by atoms with Crippen LogP contribution in [0.4, 0.5) is 0 Å². The van der Waals surface area contributed by atoms with Crippen LogP contribution in [0.15, 0.2) is 27.6 Å². The molecule has 2 rings (SSSR count). The van der Waals surface area contributed by atoms with Crippen LogP contribution in [-0.4, -0.2) is 36.1 Å². The second-order valence-electron chi connectivity index (χ2n) is 4.78. The van der Waals surface area contributed by atoms with Crippen LogP contribution in [0, 0.1) is 0 Å². The molecule has 0 radical (unpaired) electrons. The van der Waals surface area contributed by atoms with Gasteiger partial charge in [-0.1, -0.05) is 0 Å². The molecule has 3 N–H and O–H groups in total. The van der Waals surface area contributed by atoms with Crippen LogP contribution in [0.25, 0.3) is 0 Å². The van der Waals surface area contributed by atoms with E-state index in [1.807, 2.05) is 0 Å². The SMILES string of the molecule is NS(=O)(=O)c1ccc(Br)c(C(=O)NC2CCS(=O)CC2)c1. The summed E-state index contributed by atoms with van der Waals surface area (Å²) in [6.07, 6.45) is 1.32. The quantitative estimate of drug-likeness (QED) is 0.787. The molecule has 21 heavy (non-hydrogen) atoms. The molecule has 1 heterocycles. The Hall–Kier alpha value is -0.770. The summed E-state index contributed by atoms with van der Waals surface area (Å²) in [6.45, 7) is 0. The number of nitrogens with two attached hydrogens (primary N) is 1. The van der Waals surface area contributed by atoms with E-state index < -0.39 is 20.8 Å². The van der Waals surface area contributed by atoms with Gasteiger partial charge in [-0.3, -0.25) is 9.00 Å². The largest absolute Gasteiger partial charge is 0.349 e. The highest BCUT2D eigenvalue weighted by Crippen LogP contribution is 2.21. The number of sulfonamides is 1. The number of carbonyl (C=O) groups is 1. The molecule has 9 heteroatoms. The number of amides is 1. The average Bonchev–Trinajstić information content (AvgIpc) is 2.40. The number of hydrogen-bond donors (Lipinski definition) is 2. The van der Waals surface area contributed by atoms with Gasteiger partial charge in [-0.15, -0.1) is 0 Å². The second kappa shape index (κ2) is 6.55. The Morgan fingerprint density at radius 1 is 1.33 bits per heavy atom. The minimum atomic E-state index is -3.86. The van der Waals surface area contributed by atoms with Crippen molar-refractivity contribution in [3.05, 3.63) is 28.2 Å². The van der Waals surface area contributed by atoms with Crippen molar-refractivity contribution in [1.82, 2.24) is 5.32 Å². The molecule has 1 aromatic rings. The Labute approximate surface area is 134 Å². The van der Waals surface area contributed by atoms with E-state index in [9.17, 15) is 17.4 Å². The molecule has 1 fully saturated rings. The zero-order valence-corrected chi connectivity index (χ0v) is 14.3. The molecule has 0 unspecified atom stereocenters. The van der Waals surface area contributed by atoms with E-state index in [1.165, 1.54) is 18.2 Å². The molecule has 6 nitrogen and oxygen atoms in total. The molecule has 1 saturated heterocycles. The summed E-state index contributed by atoms with van der Waals surface area (Å²) in [6, 6.07) is 4.01. The molecule has 1 aromatic carbocycles. The van der Waals surface area contributed by atoms with Gasteiger partial charge in [0, 0.05) is 32.8 Å². The van der Waals surface area contributed by atoms with E-state index in [0.717, 1.165) is 0 Å². The van der Waals surface area contributed by atoms with Gasteiger partial charge in [0.05, 0.1) is 10.5 Å². The summed E-state index contributed by atoms with van der Waals surface area (Å²) < 4.78 is 34.5. The first-order valence-electron chi connectivity index (χ1n) is 6.25. The van der Waals surface area contributed by atoms with Gasteiger partial charge >= 0.3 is 0 Å². The summed E-state index contributed by atoms with van der Waals surface area (Å²) in [5.74, 6) is 0.775. The van der Waals surface area contributed by atoms with E-state index in [4.69, 9.17) is 5.14 Å². The highest BCUT2D eigenvalue weighted by molar-refractivity contribution is 9.10. The fourth-order valence-corrected chi connectivity index (χ4v) is 4.32. The van der Waals surface area contributed by atoms with Gasteiger partial charge in [0.2, 0.25) is 10.0 Å². The van der Waals surface area contributed by atoms with Crippen LogP contribution in [0.3, 0.4) is 0 Å². The molecule has 0 atom stereocenters. The summed E-state index contributed by atoms with van der Waals surface area (Å²) >= 11 is 3.23. The first-order valence-corrected chi connectivity index (χ1v) is 10.1. The summed E-state index contributed by atoms with van der Waals surface area (Å²) in [5, 5.41) is 7.90. The fraction of sp³-hybridized carbons (Fsp3) is 0.417.